The van der Waals surface area contributed by atoms with Gasteiger partial charge in [0, 0.05) is 6.07 Å². The minimum Gasteiger partial charge on any atom is -0.422 e. The van der Waals surface area contributed by atoms with Gasteiger partial charge in [-0.2, -0.15) is 0 Å². The summed E-state index contributed by atoms with van der Waals surface area (Å²) < 4.78 is 9.46. The van der Waals surface area contributed by atoms with Crippen molar-refractivity contribution in [1.29, 1.82) is 0 Å². The van der Waals surface area contributed by atoms with Crippen LogP contribution in [0.5, 0.6) is 0 Å². The Kier molecular flexibility index (Phi) is 1.82. The van der Waals surface area contributed by atoms with Crippen molar-refractivity contribution in [2.75, 3.05) is 0 Å². The van der Waals surface area contributed by atoms with E-state index in [0.717, 1.165) is 16.2 Å². The number of hydrogen-bond donors (Lipinski definition) is 0. The van der Waals surface area contributed by atoms with Crippen molar-refractivity contribution >= 4 is 10.5 Å². The lowest BCUT2D eigenvalue weighted by atomic mass is 10.5. The van der Waals surface area contributed by atoms with E-state index >= 15 is 0 Å². The van der Waals surface area contributed by atoms with Gasteiger partial charge in [-0.1, -0.05) is 5.16 Å². The standard InChI is InChI=1S/C4H7NO2Si/c8-7-3-4-1-2-6-5-4/h1-2H,3H2,8H3. The van der Waals surface area contributed by atoms with Crippen LogP contribution in [0.25, 0.3) is 0 Å². The largest absolute Gasteiger partial charge is 0.422 e. The predicted octanol–water partition coefficient (Wildman–Crippen LogP) is -0.528. The zero-order valence-corrected chi connectivity index (χ0v) is 6.63. The Balaban J connectivity index is 2.50. The van der Waals surface area contributed by atoms with Gasteiger partial charge in [0.2, 0.25) is 0 Å². The van der Waals surface area contributed by atoms with Gasteiger partial charge in [-0.3, -0.25) is 0 Å². The van der Waals surface area contributed by atoms with Gasteiger partial charge in [0.15, 0.2) is 0 Å². The summed E-state index contributed by atoms with van der Waals surface area (Å²) in [6.07, 6.45) is 1.54. The molecule has 0 unspecified atom stereocenters. The van der Waals surface area contributed by atoms with Gasteiger partial charge in [0.25, 0.3) is 0 Å². The van der Waals surface area contributed by atoms with E-state index in [1.54, 1.807) is 6.07 Å². The smallest absolute Gasteiger partial charge is 0.146 e. The number of aromatic nitrogens is 1. The van der Waals surface area contributed by atoms with Gasteiger partial charge >= 0.3 is 0 Å². The highest BCUT2D eigenvalue weighted by molar-refractivity contribution is 5.97. The highest BCUT2D eigenvalue weighted by Crippen LogP contribution is 1.93. The van der Waals surface area contributed by atoms with E-state index in [2.05, 4.69) is 9.68 Å². The molecule has 0 N–H and O–H groups in total. The summed E-state index contributed by atoms with van der Waals surface area (Å²) in [4.78, 5) is 0. The zero-order valence-electron chi connectivity index (χ0n) is 4.63. The highest BCUT2D eigenvalue weighted by atomic mass is 28.2. The molecule has 8 heavy (non-hydrogen) atoms. The SMILES string of the molecule is [SiH3]OCc1ccon1. The van der Waals surface area contributed by atoms with Crippen LogP contribution in [0.15, 0.2) is 16.9 Å². The van der Waals surface area contributed by atoms with E-state index in [9.17, 15) is 0 Å². The molecule has 0 saturated heterocycles. The van der Waals surface area contributed by atoms with Gasteiger partial charge in [0.05, 0.1) is 6.61 Å². The fraction of sp³-hybridized carbons (Fsp3) is 0.250. The maximum absolute atomic E-state index is 4.90. The topological polar surface area (TPSA) is 35.3 Å². The van der Waals surface area contributed by atoms with Gasteiger partial charge in [-0.15, -0.1) is 0 Å². The molecule has 0 bridgehead atoms. The molecule has 0 atom stereocenters. The van der Waals surface area contributed by atoms with Crippen LogP contribution in [0.2, 0.25) is 0 Å². The number of rotatable bonds is 2. The summed E-state index contributed by atoms with van der Waals surface area (Å²) in [6.45, 7) is 0.586. The third kappa shape index (κ3) is 1.18. The molecule has 0 aliphatic carbocycles. The second-order valence-corrected chi connectivity index (χ2v) is 2.00. The molecule has 0 radical (unpaired) electrons. The van der Waals surface area contributed by atoms with Crippen molar-refractivity contribution in [3.8, 4) is 0 Å². The van der Waals surface area contributed by atoms with Crippen molar-refractivity contribution in [2.24, 2.45) is 0 Å². The summed E-state index contributed by atoms with van der Waals surface area (Å²) in [6, 6.07) is 1.79. The van der Waals surface area contributed by atoms with Crippen molar-refractivity contribution in [3.05, 3.63) is 18.0 Å². The molecule has 1 rings (SSSR count). The molecule has 0 fully saturated rings. The maximum atomic E-state index is 4.90. The van der Waals surface area contributed by atoms with E-state index in [0.29, 0.717) is 6.61 Å². The Morgan fingerprint density at radius 3 is 3.25 bits per heavy atom. The Bertz CT molecular complexity index is 140. The van der Waals surface area contributed by atoms with E-state index in [1.165, 1.54) is 6.26 Å². The fourth-order valence-electron chi connectivity index (χ4n) is 0.460. The number of hydrogen-bond acceptors (Lipinski definition) is 3. The van der Waals surface area contributed by atoms with Crippen molar-refractivity contribution in [3.63, 3.8) is 0 Å². The summed E-state index contributed by atoms with van der Waals surface area (Å²) >= 11 is 0. The van der Waals surface area contributed by atoms with E-state index in [4.69, 9.17) is 4.43 Å². The third-order valence-electron chi connectivity index (χ3n) is 0.783. The quantitative estimate of drug-likeness (QED) is 0.504. The van der Waals surface area contributed by atoms with Crippen molar-refractivity contribution < 1.29 is 8.95 Å². The molecule has 1 aromatic heterocycles. The van der Waals surface area contributed by atoms with Gasteiger partial charge in [-0.05, 0) is 0 Å². The molecule has 0 spiro atoms. The molecule has 1 heterocycles. The first-order valence-electron chi connectivity index (χ1n) is 2.31. The van der Waals surface area contributed by atoms with Crippen LogP contribution < -0.4 is 0 Å². The van der Waals surface area contributed by atoms with Gasteiger partial charge in [0.1, 0.15) is 22.4 Å². The molecule has 4 heteroatoms. The second-order valence-electron chi connectivity index (χ2n) is 1.42. The lowest BCUT2D eigenvalue weighted by molar-refractivity contribution is 0.315. The van der Waals surface area contributed by atoms with Crippen LogP contribution in [0, 0.1) is 0 Å². The molecule has 44 valence electrons. The van der Waals surface area contributed by atoms with E-state index in [-0.39, 0.29) is 0 Å². The zero-order chi connectivity index (χ0) is 5.82. The lowest BCUT2D eigenvalue weighted by Gasteiger charge is -1.87. The minimum atomic E-state index is 0.586. The van der Waals surface area contributed by atoms with Crippen LogP contribution in [0.3, 0.4) is 0 Å². The molecular weight excluding hydrogens is 122 g/mol. The van der Waals surface area contributed by atoms with E-state index in [1.807, 2.05) is 0 Å². The Hall–Kier alpha value is -0.613. The average Bonchev–Trinajstić information content (AvgIpc) is 2.19. The minimum absolute atomic E-state index is 0.586. The average molecular weight is 129 g/mol. The van der Waals surface area contributed by atoms with Gasteiger partial charge in [-0.25, -0.2) is 0 Å². The highest BCUT2D eigenvalue weighted by Gasteiger charge is 1.90. The molecular formula is C4H7NO2Si. The van der Waals surface area contributed by atoms with Gasteiger partial charge < -0.3 is 8.95 Å². The fourth-order valence-corrected chi connectivity index (χ4v) is 0.756. The molecule has 3 nitrogen and oxygen atoms in total. The van der Waals surface area contributed by atoms with Crippen LogP contribution >= 0.6 is 0 Å². The Labute approximate surface area is 50.2 Å². The molecule has 0 aliphatic heterocycles. The molecule has 0 aliphatic rings. The van der Waals surface area contributed by atoms with Crippen LogP contribution in [-0.2, 0) is 11.0 Å². The van der Waals surface area contributed by atoms with E-state index < -0.39 is 0 Å². The predicted molar refractivity (Wildman–Crippen MR) is 31.2 cm³/mol. The number of nitrogens with zero attached hydrogens (tertiary/aromatic N) is 1. The first-order chi connectivity index (χ1) is 3.93. The molecule has 0 saturated carbocycles. The second kappa shape index (κ2) is 2.63. The maximum Gasteiger partial charge on any atom is 0.146 e. The van der Waals surface area contributed by atoms with Crippen LogP contribution in [-0.4, -0.2) is 15.6 Å². The van der Waals surface area contributed by atoms with Crippen molar-refractivity contribution in [2.45, 2.75) is 6.61 Å². The Morgan fingerprint density at radius 2 is 2.75 bits per heavy atom. The third-order valence-corrected chi connectivity index (χ3v) is 1.07. The normalized spacial score (nSPS) is 10.0. The molecule has 0 amide bonds. The molecule has 1 aromatic rings. The first kappa shape index (κ1) is 5.52. The lowest BCUT2D eigenvalue weighted by Crippen LogP contribution is -1.86. The molecule has 0 aromatic carbocycles. The van der Waals surface area contributed by atoms with Crippen LogP contribution in [0.4, 0.5) is 0 Å². The summed E-state index contributed by atoms with van der Waals surface area (Å²) in [7, 11) is 0.754. The summed E-state index contributed by atoms with van der Waals surface area (Å²) in [5.74, 6) is 0. The summed E-state index contributed by atoms with van der Waals surface area (Å²) in [5.41, 5.74) is 0.861. The Morgan fingerprint density at radius 1 is 1.88 bits per heavy atom. The summed E-state index contributed by atoms with van der Waals surface area (Å²) in [5, 5.41) is 3.63. The first-order valence-corrected chi connectivity index (χ1v) is 3.13. The van der Waals surface area contributed by atoms with Crippen molar-refractivity contribution in [1.82, 2.24) is 5.16 Å². The van der Waals surface area contributed by atoms with Crippen LogP contribution in [0.1, 0.15) is 5.69 Å². The monoisotopic (exact) mass is 129 g/mol.